The topological polar surface area (TPSA) is 26.3 Å². The van der Waals surface area contributed by atoms with Gasteiger partial charge in [-0.3, -0.25) is 4.79 Å². The fourth-order valence-electron chi connectivity index (χ4n) is 2.19. The first-order valence-corrected chi connectivity index (χ1v) is 7.41. The highest BCUT2D eigenvalue weighted by Gasteiger charge is 2.07. The number of hydrogen-bond acceptors (Lipinski definition) is 2. The Balaban J connectivity index is 2.58. The number of ether oxygens (including phenoxy) is 1. The van der Waals surface area contributed by atoms with E-state index in [1.807, 2.05) is 6.92 Å². The van der Waals surface area contributed by atoms with Gasteiger partial charge in [0.2, 0.25) is 0 Å². The molecule has 0 fully saturated rings. The Labute approximate surface area is 117 Å². The standard InChI is InChI=1S/C17H26O2/c1-4-6-7-8-9-15-11-10-14(3)16(12-15)13-17(18)19-5-2/h10-12H,4-9,13H2,1-3H3. The lowest BCUT2D eigenvalue weighted by Crippen LogP contribution is -2.08. The molecule has 0 heterocycles. The van der Waals surface area contributed by atoms with Gasteiger partial charge < -0.3 is 4.74 Å². The normalized spacial score (nSPS) is 10.5. The van der Waals surface area contributed by atoms with E-state index in [1.165, 1.54) is 36.8 Å². The van der Waals surface area contributed by atoms with Crippen LogP contribution in [-0.4, -0.2) is 12.6 Å². The first-order valence-electron chi connectivity index (χ1n) is 7.41. The number of hydrogen-bond donors (Lipinski definition) is 0. The van der Waals surface area contributed by atoms with Crippen LogP contribution < -0.4 is 0 Å². The summed E-state index contributed by atoms with van der Waals surface area (Å²) in [5, 5.41) is 0. The monoisotopic (exact) mass is 262 g/mol. The molecule has 0 spiro atoms. The van der Waals surface area contributed by atoms with Crippen LogP contribution in [0.1, 0.15) is 56.2 Å². The molecule has 0 saturated heterocycles. The molecule has 2 heteroatoms. The van der Waals surface area contributed by atoms with Crippen LogP contribution in [-0.2, 0) is 22.4 Å². The van der Waals surface area contributed by atoms with Gasteiger partial charge in [-0.2, -0.15) is 0 Å². The number of aryl methyl sites for hydroxylation is 2. The van der Waals surface area contributed by atoms with Crippen molar-refractivity contribution in [2.75, 3.05) is 6.61 Å². The molecule has 0 atom stereocenters. The Kier molecular flexibility index (Phi) is 7.24. The van der Waals surface area contributed by atoms with E-state index < -0.39 is 0 Å². The van der Waals surface area contributed by atoms with Gasteiger partial charge in [0.25, 0.3) is 0 Å². The lowest BCUT2D eigenvalue weighted by molar-refractivity contribution is -0.142. The van der Waals surface area contributed by atoms with Crippen LogP contribution in [0.25, 0.3) is 0 Å². The first kappa shape index (κ1) is 15.7. The van der Waals surface area contributed by atoms with Crippen molar-refractivity contribution in [3.8, 4) is 0 Å². The molecule has 19 heavy (non-hydrogen) atoms. The van der Waals surface area contributed by atoms with E-state index in [0.717, 1.165) is 12.0 Å². The van der Waals surface area contributed by atoms with Gasteiger partial charge in [0.15, 0.2) is 0 Å². The SMILES string of the molecule is CCCCCCc1ccc(C)c(CC(=O)OCC)c1. The van der Waals surface area contributed by atoms with E-state index in [1.54, 1.807) is 0 Å². The molecule has 0 aromatic heterocycles. The summed E-state index contributed by atoms with van der Waals surface area (Å²) in [6.45, 7) is 6.57. The number of esters is 1. The summed E-state index contributed by atoms with van der Waals surface area (Å²) >= 11 is 0. The maximum Gasteiger partial charge on any atom is 0.310 e. The molecule has 0 N–H and O–H groups in total. The van der Waals surface area contributed by atoms with Crippen molar-refractivity contribution >= 4 is 5.97 Å². The van der Waals surface area contributed by atoms with Gasteiger partial charge in [-0.05, 0) is 43.4 Å². The zero-order valence-electron chi connectivity index (χ0n) is 12.5. The Hall–Kier alpha value is -1.31. The van der Waals surface area contributed by atoms with Gasteiger partial charge in [-0.15, -0.1) is 0 Å². The average molecular weight is 262 g/mol. The quantitative estimate of drug-likeness (QED) is 0.518. The summed E-state index contributed by atoms with van der Waals surface area (Å²) in [7, 11) is 0. The van der Waals surface area contributed by atoms with Gasteiger partial charge in [0.05, 0.1) is 13.0 Å². The summed E-state index contributed by atoms with van der Waals surface area (Å²) in [5.74, 6) is -0.131. The molecule has 2 nitrogen and oxygen atoms in total. The maximum absolute atomic E-state index is 11.6. The van der Waals surface area contributed by atoms with Crippen molar-refractivity contribution in [3.05, 3.63) is 34.9 Å². The van der Waals surface area contributed by atoms with Crippen LogP contribution in [0.2, 0.25) is 0 Å². The molecular weight excluding hydrogens is 236 g/mol. The molecule has 0 radical (unpaired) electrons. The second-order valence-electron chi connectivity index (χ2n) is 5.05. The molecule has 0 bridgehead atoms. The van der Waals surface area contributed by atoms with Crippen LogP contribution in [0.4, 0.5) is 0 Å². The van der Waals surface area contributed by atoms with E-state index in [0.29, 0.717) is 13.0 Å². The molecule has 0 unspecified atom stereocenters. The molecule has 1 rings (SSSR count). The van der Waals surface area contributed by atoms with E-state index in [9.17, 15) is 4.79 Å². The number of benzene rings is 1. The molecular formula is C17H26O2. The predicted molar refractivity (Wildman–Crippen MR) is 79.4 cm³/mol. The molecule has 0 aliphatic carbocycles. The lowest BCUT2D eigenvalue weighted by atomic mass is 9.99. The fraction of sp³-hybridized carbons (Fsp3) is 0.588. The van der Waals surface area contributed by atoms with Crippen molar-refractivity contribution in [3.63, 3.8) is 0 Å². The van der Waals surface area contributed by atoms with E-state index in [-0.39, 0.29) is 5.97 Å². The Morgan fingerprint density at radius 1 is 1.16 bits per heavy atom. The highest BCUT2D eigenvalue weighted by atomic mass is 16.5. The second kappa shape index (κ2) is 8.73. The molecule has 0 aliphatic rings. The van der Waals surface area contributed by atoms with Gasteiger partial charge in [0, 0.05) is 0 Å². The summed E-state index contributed by atoms with van der Waals surface area (Å²) < 4.78 is 5.01. The van der Waals surface area contributed by atoms with Crippen LogP contribution in [0.5, 0.6) is 0 Å². The second-order valence-corrected chi connectivity index (χ2v) is 5.05. The average Bonchev–Trinajstić information content (AvgIpc) is 2.38. The van der Waals surface area contributed by atoms with Gasteiger partial charge in [-0.25, -0.2) is 0 Å². The van der Waals surface area contributed by atoms with Crippen molar-refractivity contribution in [1.29, 1.82) is 0 Å². The van der Waals surface area contributed by atoms with Crippen LogP contribution in [0.3, 0.4) is 0 Å². The highest BCUT2D eigenvalue weighted by molar-refractivity contribution is 5.73. The van der Waals surface area contributed by atoms with Crippen molar-refractivity contribution in [1.82, 2.24) is 0 Å². The van der Waals surface area contributed by atoms with Crippen molar-refractivity contribution in [2.45, 2.75) is 59.3 Å². The molecule has 0 amide bonds. The molecule has 1 aromatic carbocycles. The minimum absolute atomic E-state index is 0.131. The number of carbonyl (C=O) groups excluding carboxylic acids is 1. The lowest BCUT2D eigenvalue weighted by Gasteiger charge is -2.09. The minimum Gasteiger partial charge on any atom is -0.466 e. The Morgan fingerprint density at radius 2 is 1.95 bits per heavy atom. The molecule has 0 saturated carbocycles. The zero-order chi connectivity index (χ0) is 14.1. The van der Waals surface area contributed by atoms with E-state index in [2.05, 4.69) is 32.0 Å². The van der Waals surface area contributed by atoms with Crippen molar-refractivity contribution in [2.24, 2.45) is 0 Å². The predicted octanol–water partition coefficient (Wildman–Crippen LogP) is 4.22. The molecule has 0 aliphatic heterocycles. The number of unbranched alkanes of at least 4 members (excludes halogenated alkanes) is 3. The summed E-state index contributed by atoms with van der Waals surface area (Å²) in [6.07, 6.45) is 6.59. The largest absolute Gasteiger partial charge is 0.466 e. The number of rotatable bonds is 8. The molecule has 106 valence electrons. The third-order valence-corrected chi connectivity index (χ3v) is 3.37. The number of carbonyl (C=O) groups is 1. The van der Waals surface area contributed by atoms with Crippen LogP contribution in [0, 0.1) is 6.92 Å². The minimum atomic E-state index is -0.131. The Morgan fingerprint density at radius 3 is 2.63 bits per heavy atom. The van der Waals surface area contributed by atoms with Crippen LogP contribution in [0.15, 0.2) is 18.2 Å². The smallest absolute Gasteiger partial charge is 0.310 e. The summed E-state index contributed by atoms with van der Waals surface area (Å²) in [6, 6.07) is 6.46. The van der Waals surface area contributed by atoms with Gasteiger partial charge >= 0.3 is 5.97 Å². The van der Waals surface area contributed by atoms with E-state index >= 15 is 0 Å². The first-order chi connectivity index (χ1) is 9.17. The third-order valence-electron chi connectivity index (χ3n) is 3.37. The maximum atomic E-state index is 11.6. The van der Waals surface area contributed by atoms with Crippen molar-refractivity contribution < 1.29 is 9.53 Å². The van der Waals surface area contributed by atoms with Crippen LogP contribution >= 0.6 is 0 Å². The van der Waals surface area contributed by atoms with Gasteiger partial charge in [-0.1, -0.05) is 44.4 Å². The molecule has 1 aromatic rings. The zero-order valence-corrected chi connectivity index (χ0v) is 12.5. The Bertz CT molecular complexity index is 396. The third kappa shape index (κ3) is 5.91. The summed E-state index contributed by atoms with van der Waals surface area (Å²) in [4.78, 5) is 11.6. The van der Waals surface area contributed by atoms with E-state index in [4.69, 9.17) is 4.74 Å². The fourth-order valence-corrected chi connectivity index (χ4v) is 2.19. The highest BCUT2D eigenvalue weighted by Crippen LogP contribution is 2.15. The summed E-state index contributed by atoms with van der Waals surface area (Å²) in [5.41, 5.74) is 3.61. The van der Waals surface area contributed by atoms with Gasteiger partial charge in [0.1, 0.15) is 0 Å².